The number of nitrogens with one attached hydrogen (secondary N) is 1. The quantitative estimate of drug-likeness (QED) is 0.898. The van der Waals surface area contributed by atoms with Gasteiger partial charge < -0.3 is 10.4 Å². The summed E-state index contributed by atoms with van der Waals surface area (Å²) in [7, 11) is 0. The fraction of sp³-hybridized carbons (Fsp3) is 0.154. The lowest BCUT2D eigenvalue weighted by Gasteiger charge is -2.04. The molecule has 1 amide bonds. The molecule has 19 heavy (non-hydrogen) atoms. The van der Waals surface area contributed by atoms with E-state index in [2.05, 4.69) is 10.3 Å². The second kappa shape index (κ2) is 5.62. The molecule has 2 N–H and O–H groups in total. The third-order valence-electron chi connectivity index (χ3n) is 2.45. The van der Waals surface area contributed by atoms with Crippen molar-refractivity contribution in [2.75, 3.05) is 5.32 Å². The van der Waals surface area contributed by atoms with Crippen LogP contribution in [-0.4, -0.2) is 22.0 Å². The van der Waals surface area contributed by atoms with Gasteiger partial charge in [0.2, 0.25) is 5.91 Å². The van der Waals surface area contributed by atoms with Gasteiger partial charge in [0.25, 0.3) is 0 Å². The molecule has 5 nitrogen and oxygen atoms in total. The number of carbonyl (C=O) groups is 2. The topological polar surface area (TPSA) is 79.3 Å². The molecule has 2 aromatic heterocycles. The van der Waals surface area contributed by atoms with E-state index in [0.717, 1.165) is 10.4 Å². The number of amides is 1. The second-order valence-corrected chi connectivity index (χ2v) is 5.24. The van der Waals surface area contributed by atoms with Gasteiger partial charge in [-0.1, -0.05) is 0 Å². The van der Waals surface area contributed by atoms with Crippen LogP contribution in [0.2, 0.25) is 0 Å². The van der Waals surface area contributed by atoms with Crippen molar-refractivity contribution < 1.29 is 14.7 Å². The van der Waals surface area contributed by atoms with Crippen LogP contribution < -0.4 is 5.32 Å². The highest BCUT2D eigenvalue weighted by molar-refractivity contribution is 7.16. The zero-order chi connectivity index (χ0) is 13.8. The number of nitrogens with zero attached hydrogens (tertiary/aromatic N) is 1. The number of rotatable bonds is 4. The maximum atomic E-state index is 11.8. The number of carboxylic acids is 1. The first kappa shape index (κ1) is 13.2. The molecule has 0 spiro atoms. The standard InChI is InChI=1S/C13H12N2O3S/c1-8-6-10(13(17)18)12(19-8)15-11(16)7-9-2-4-14-5-3-9/h2-6H,7H2,1H3,(H,15,16)(H,17,18). The Labute approximate surface area is 113 Å². The summed E-state index contributed by atoms with van der Waals surface area (Å²) in [4.78, 5) is 27.6. The van der Waals surface area contributed by atoms with Gasteiger partial charge >= 0.3 is 5.97 Å². The summed E-state index contributed by atoms with van der Waals surface area (Å²) in [6, 6.07) is 5.05. The Kier molecular flexibility index (Phi) is 3.91. The van der Waals surface area contributed by atoms with Gasteiger partial charge in [-0.05, 0) is 30.7 Å². The number of hydrogen-bond donors (Lipinski definition) is 2. The first-order valence-corrected chi connectivity index (χ1v) is 6.40. The molecule has 0 aromatic carbocycles. The summed E-state index contributed by atoms with van der Waals surface area (Å²) in [5, 5.41) is 12.0. The zero-order valence-corrected chi connectivity index (χ0v) is 11.0. The van der Waals surface area contributed by atoms with E-state index in [9.17, 15) is 9.59 Å². The van der Waals surface area contributed by atoms with E-state index in [1.807, 2.05) is 0 Å². The van der Waals surface area contributed by atoms with Crippen molar-refractivity contribution in [2.45, 2.75) is 13.3 Å². The van der Waals surface area contributed by atoms with Crippen molar-refractivity contribution in [1.29, 1.82) is 0 Å². The van der Waals surface area contributed by atoms with Crippen molar-refractivity contribution in [3.63, 3.8) is 0 Å². The summed E-state index contributed by atoms with van der Waals surface area (Å²) in [6.07, 6.45) is 3.42. The van der Waals surface area contributed by atoms with Crippen LogP contribution in [0.4, 0.5) is 5.00 Å². The summed E-state index contributed by atoms with van der Waals surface area (Å²) >= 11 is 1.26. The number of carboxylic acid groups (broad SMARTS) is 1. The average molecular weight is 276 g/mol. The molecule has 0 bridgehead atoms. The van der Waals surface area contributed by atoms with Crippen molar-refractivity contribution >= 4 is 28.2 Å². The number of carbonyl (C=O) groups excluding carboxylic acids is 1. The lowest BCUT2D eigenvalue weighted by Crippen LogP contribution is -2.15. The van der Waals surface area contributed by atoms with E-state index in [-0.39, 0.29) is 17.9 Å². The highest BCUT2D eigenvalue weighted by atomic mass is 32.1. The number of anilines is 1. The van der Waals surface area contributed by atoms with Crippen LogP contribution in [0, 0.1) is 6.92 Å². The normalized spacial score (nSPS) is 10.2. The molecule has 0 saturated carbocycles. The molecule has 0 aliphatic carbocycles. The van der Waals surface area contributed by atoms with E-state index >= 15 is 0 Å². The summed E-state index contributed by atoms with van der Waals surface area (Å²) in [5.41, 5.74) is 0.961. The molecule has 98 valence electrons. The number of aromatic carboxylic acids is 1. The number of thiophene rings is 1. The minimum absolute atomic E-state index is 0.130. The van der Waals surface area contributed by atoms with E-state index < -0.39 is 5.97 Å². The minimum Gasteiger partial charge on any atom is -0.478 e. The van der Waals surface area contributed by atoms with Crippen molar-refractivity contribution in [2.24, 2.45) is 0 Å². The maximum Gasteiger partial charge on any atom is 0.338 e. The van der Waals surface area contributed by atoms with Gasteiger partial charge in [0.15, 0.2) is 0 Å². The largest absolute Gasteiger partial charge is 0.478 e. The molecule has 2 rings (SSSR count). The summed E-state index contributed by atoms with van der Waals surface area (Å²) in [6.45, 7) is 1.80. The first-order valence-electron chi connectivity index (χ1n) is 5.58. The third-order valence-corrected chi connectivity index (χ3v) is 3.42. The highest BCUT2D eigenvalue weighted by Gasteiger charge is 2.15. The second-order valence-electron chi connectivity index (χ2n) is 3.99. The predicted octanol–water partition coefficient (Wildman–Crippen LogP) is 2.33. The van der Waals surface area contributed by atoms with Crippen LogP contribution in [0.15, 0.2) is 30.6 Å². The number of hydrogen-bond acceptors (Lipinski definition) is 4. The van der Waals surface area contributed by atoms with E-state index in [4.69, 9.17) is 5.11 Å². The SMILES string of the molecule is Cc1cc(C(=O)O)c(NC(=O)Cc2ccncc2)s1. The van der Waals surface area contributed by atoms with E-state index in [0.29, 0.717) is 5.00 Å². The molecule has 0 fully saturated rings. The van der Waals surface area contributed by atoms with Crippen LogP contribution in [0.5, 0.6) is 0 Å². The molecule has 2 aromatic rings. The average Bonchev–Trinajstić information content (AvgIpc) is 2.71. The van der Waals surface area contributed by atoms with E-state index in [1.54, 1.807) is 37.5 Å². The minimum atomic E-state index is -1.04. The Bertz CT molecular complexity index is 608. The van der Waals surface area contributed by atoms with Crippen molar-refractivity contribution in [3.8, 4) is 0 Å². The molecule has 0 atom stereocenters. The molecule has 6 heteroatoms. The van der Waals surface area contributed by atoms with Gasteiger partial charge in [-0.25, -0.2) is 4.79 Å². The first-order chi connectivity index (χ1) is 9.06. The molecule has 2 heterocycles. The van der Waals surface area contributed by atoms with Gasteiger partial charge in [-0.15, -0.1) is 11.3 Å². The molecule has 0 unspecified atom stereocenters. The zero-order valence-electron chi connectivity index (χ0n) is 10.2. The Hall–Kier alpha value is -2.21. The Morgan fingerprint density at radius 3 is 2.68 bits per heavy atom. The Balaban J connectivity index is 2.09. The molecule has 0 radical (unpaired) electrons. The Morgan fingerprint density at radius 1 is 1.37 bits per heavy atom. The van der Waals surface area contributed by atoms with E-state index in [1.165, 1.54) is 11.3 Å². The van der Waals surface area contributed by atoms with Crippen LogP contribution in [0.25, 0.3) is 0 Å². The van der Waals surface area contributed by atoms with Crippen LogP contribution >= 0.6 is 11.3 Å². The van der Waals surface area contributed by atoms with Gasteiger partial charge in [0.1, 0.15) is 5.00 Å². The van der Waals surface area contributed by atoms with Crippen molar-refractivity contribution in [1.82, 2.24) is 4.98 Å². The highest BCUT2D eigenvalue weighted by Crippen LogP contribution is 2.27. The summed E-state index contributed by atoms with van der Waals surface area (Å²) in [5.74, 6) is -1.28. The van der Waals surface area contributed by atoms with Crippen molar-refractivity contribution in [3.05, 3.63) is 46.6 Å². The summed E-state index contributed by atoms with van der Waals surface area (Å²) < 4.78 is 0. The number of aromatic nitrogens is 1. The number of pyridine rings is 1. The Morgan fingerprint density at radius 2 is 2.05 bits per heavy atom. The van der Waals surface area contributed by atoms with Crippen LogP contribution in [-0.2, 0) is 11.2 Å². The third kappa shape index (κ3) is 3.38. The fourth-order valence-electron chi connectivity index (χ4n) is 1.62. The molecular weight excluding hydrogens is 264 g/mol. The van der Waals surface area contributed by atoms with Crippen LogP contribution in [0.1, 0.15) is 20.8 Å². The number of aryl methyl sites for hydroxylation is 1. The molecule has 0 aliphatic rings. The van der Waals surface area contributed by atoms with Gasteiger partial charge in [-0.3, -0.25) is 9.78 Å². The lowest BCUT2D eigenvalue weighted by molar-refractivity contribution is -0.115. The molecule has 0 saturated heterocycles. The molecule has 0 aliphatic heterocycles. The fourth-order valence-corrected chi connectivity index (χ4v) is 2.54. The maximum absolute atomic E-state index is 11.8. The smallest absolute Gasteiger partial charge is 0.338 e. The van der Waals surface area contributed by atoms with Gasteiger partial charge in [0, 0.05) is 17.3 Å². The van der Waals surface area contributed by atoms with Gasteiger partial charge in [-0.2, -0.15) is 0 Å². The monoisotopic (exact) mass is 276 g/mol. The van der Waals surface area contributed by atoms with Crippen LogP contribution in [0.3, 0.4) is 0 Å². The molecular formula is C13H12N2O3S. The van der Waals surface area contributed by atoms with Gasteiger partial charge in [0.05, 0.1) is 12.0 Å². The predicted molar refractivity (Wildman–Crippen MR) is 72.6 cm³/mol. The lowest BCUT2D eigenvalue weighted by atomic mass is 10.2.